The lowest BCUT2D eigenvalue weighted by molar-refractivity contribution is -0.121. The Balaban J connectivity index is 1.98. The van der Waals surface area contributed by atoms with Crippen LogP contribution in [0.2, 0.25) is 0 Å². The van der Waals surface area contributed by atoms with Gasteiger partial charge in [0.25, 0.3) is 0 Å². The van der Waals surface area contributed by atoms with Gasteiger partial charge >= 0.3 is 0 Å². The van der Waals surface area contributed by atoms with Gasteiger partial charge < -0.3 is 5.32 Å². The molecule has 1 spiro atoms. The molecule has 0 unspecified atom stereocenters. The molecule has 0 saturated heterocycles. The zero-order valence-corrected chi connectivity index (χ0v) is 8.62. The molecule has 3 heteroatoms. The summed E-state index contributed by atoms with van der Waals surface area (Å²) >= 11 is 0. The number of anilines is 1. The number of rotatable bonds is 0. The third-order valence-corrected chi connectivity index (χ3v) is 3.74. The molecule has 78 valence electrons. The van der Waals surface area contributed by atoms with E-state index in [1.165, 1.54) is 5.56 Å². The van der Waals surface area contributed by atoms with Crippen molar-refractivity contribution in [2.24, 2.45) is 0 Å². The van der Waals surface area contributed by atoms with Crippen LogP contribution >= 0.6 is 0 Å². The van der Waals surface area contributed by atoms with E-state index in [9.17, 15) is 4.79 Å². The summed E-state index contributed by atoms with van der Waals surface area (Å²) in [7, 11) is 0. The lowest BCUT2D eigenvalue weighted by atomic mass is 9.71. The van der Waals surface area contributed by atoms with Crippen molar-refractivity contribution in [1.82, 2.24) is 4.98 Å². The maximum Gasteiger partial charge on any atom is 0.132 e. The number of carbonyl (C=O) groups excluding carboxylic acids is 1. The highest BCUT2D eigenvalue weighted by Crippen LogP contribution is 2.44. The largest absolute Gasteiger partial charge is 0.369 e. The Kier molecular flexibility index (Phi) is 1.81. The number of aromatic nitrogens is 1. The number of carbonyl (C=O) groups is 1. The molecule has 0 atom stereocenters. The van der Waals surface area contributed by atoms with E-state index in [1.807, 2.05) is 12.3 Å². The van der Waals surface area contributed by atoms with Crippen LogP contribution < -0.4 is 5.32 Å². The Bertz CT molecular complexity index is 404. The molecule has 1 aromatic heterocycles. The SMILES string of the molecule is O=C1CCC2(CC1)CNc1ncccc12. The van der Waals surface area contributed by atoms with Gasteiger partial charge in [-0.1, -0.05) is 6.07 Å². The molecule has 1 aliphatic carbocycles. The molecule has 1 aliphatic heterocycles. The van der Waals surface area contributed by atoms with Gasteiger partial charge in [-0.2, -0.15) is 0 Å². The Morgan fingerprint density at radius 3 is 2.93 bits per heavy atom. The molecule has 1 aromatic rings. The van der Waals surface area contributed by atoms with Gasteiger partial charge in [-0.15, -0.1) is 0 Å². The fourth-order valence-corrected chi connectivity index (χ4v) is 2.78. The monoisotopic (exact) mass is 202 g/mol. The number of hydrogen-bond acceptors (Lipinski definition) is 3. The second-order valence-corrected chi connectivity index (χ2v) is 4.57. The molecule has 0 amide bonds. The molecular formula is C12H14N2O. The molecular weight excluding hydrogens is 188 g/mol. The van der Waals surface area contributed by atoms with Crippen LogP contribution in [0.3, 0.4) is 0 Å². The Morgan fingerprint density at radius 2 is 2.13 bits per heavy atom. The summed E-state index contributed by atoms with van der Waals surface area (Å²) in [5.74, 6) is 1.44. The van der Waals surface area contributed by atoms with Crippen LogP contribution in [0.15, 0.2) is 18.3 Å². The van der Waals surface area contributed by atoms with Crippen LogP contribution in [0.5, 0.6) is 0 Å². The molecule has 1 saturated carbocycles. The van der Waals surface area contributed by atoms with Crippen molar-refractivity contribution in [1.29, 1.82) is 0 Å². The van der Waals surface area contributed by atoms with Gasteiger partial charge in [-0.05, 0) is 18.9 Å². The van der Waals surface area contributed by atoms with Crippen LogP contribution in [0.25, 0.3) is 0 Å². The fourth-order valence-electron chi connectivity index (χ4n) is 2.78. The molecule has 0 aromatic carbocycles. The van der Waals surface area contributed by atoms with Gasteiger partial charge in [0.05, 0.1) is 0 Å². The topological polar surface area (TPSA) is 42.0 Å². The van der Waals surface area contributed by atoms with E-state index in [-0.39, 0.29) is 5.41 Å². The number of ketones is 1. The Morgan fingerprint density at radius 1 is 1.33 bits per heavy atom. The van der Waals surface area contributed by atoms with Crippen LogP contribution in [0.4, 0.5) is 5.82 Å². The van der Waals surface area contributed by atoms with E-state index in [2.05, 4.69) is 16.4 Å². The van der Waals surface area contributed by atoms with Crippen LogP contribution in [0.1, 0.15) is 31.2 Å². The summed E-state index contributed by atoms with van der Waals surface area (Å²) in [6.07, 6.45) is 5.25. The van der Waals surface area contributed by atoms with Crippen LogP contribution in [0, 0.1) is 0 Å². The van der Waals surface area contributed by atoms with E-state index in [1.54, 1.807) is 0 Å². The van der Waals surface area contributed by atoms with Crippen molar-refractivity contribution in [2.45, 2.75) is 31.1 Å². The third kappa shape index (κ3) is 1.26. The van der Waals surface area contributed by atoms with Gasteiger partial charge in [0, 0.05) is 36.6 Å². The van der Waals surface area contributed by atoms with E-state index in [4.69, 9.17) is 0 Å². The highest BCUT2D eigenvalue weighted by Gasteiger charge is 2.41. The maximum absolute atomic E-state index is 11.3. The zero-order chi connectivity index (χ0) is 10.3. The summed E-state index contributed by atoms with van der Waals surface area (Å²) in [5.41, 5.74) is 1.51. The summed E-state index contributed by atoms with van der Waals surface area (Å²) in [6, 6.07) is 4.14. The average molecular weight is 202 g/mol. The maximum atomic E-state index is 11.3. The van der Waals surface area contributed by atoms with E-state index in [0.29, 0.717) is 5.78 Å². The highest BCUT2D eigenvalue weighted by atomic mass is 16.1. The fraction of sp³-hybridized carbons (Fsp3) is 0.500. The quantitative estimate of drug-likeness (QED) is 0.698. The minimum Gasteiger partial charge on any atom is -0.369 e. The first-order valence-corrected chi connectivity index (χ1v) is 5.51. The van der Waals surface area contributed by atoms with Crippen molar-refractivity contribution in [2.75, 3.05) is 11.9 Å². The Labute approximate surface area is 88.9 Å². The molecule has 1 fully saturated rings. The molecule has 1 N–H and O–H groups in total. The second kappa shape index (κ2) is 3.05. The number of Topliss-reactive ketones (excluding diaryl/α,β-unsaturated/α-hetero) is 1. The normalized spacial score (nSPS) is 22.5. The Hall–Kier alpha value is -1.38. The standard InChI is InChI=1S/C12H14N2O/c15-9-3-5-12(6-4-9)8-14-11-10(12)2-1-7-13-11/h1-2,7H,3-6,8H2,(H,13,14). The van der Waals surface area contributed by atoms with Gasteiger partial charge in [-0.3, -0.25) is 4.79 Å². The first-order chi connectivity index (χ1) is 7.30. The second-order valence-electron chi connectivity index (χ2n) is 4.57. The highest BCUT2D eigenvalue weighted by molar-refractivity contribution is 5.80. The summed E-state index contributed by atoms with van der Waals surface area (Å²) in [6.45, 7) is 0.951. The first kappa shape index (κ1) is 8.89. The van der Waals surface area contributed by atoms with Gasteiger partial charge in [0.15, 0.2) is 0 Å². The number of nitrogens with zero attached hydrogens (tertiary/aromatic N) is 1. The van der Waals surface area contributed by atoms with Crippen molar-refractivity contribution in [3.8, 4) is 0 Å². The van der Waals surface area contributed by atoms with Gasteiger partial charge in [-0.25, -0.2) is 4.98 Å². The summed E-state index contributed by atoms with van der Waals surface area (Å²) in [4.78, 5) is 15.6. The number of hydrogen-bond donors (Lipinski definition) is 1. The predicted molar refractivity (Wildman–Crippen MR) is 57.9 cm³/mol. The van der Waals surface area contributed by atoms with Crippen molar-refractivity contribution in [3.05, 3.63) is 23.9 Å². The van der Waals surface area contributed by atoms with Gasteiger partial charge in [0.1, 0.15) is 11.6 Å². The average Bonchev–Trinajstić information content (AvgIpc) is 2.63. The molecule has 3 nitrogen and oxygen atoms in total. The van der Waals surface area contributed by atoms with E-state index in [0.717, 1.165) is 38.0 Å². The van der Waals surface area contributed by atoms with E-state index >= 15 is 0 Å². The molecule has 2 aliphatic rings. The molecule has 0 radical (unpaired) electrons. The predicted octanol–water partition coefficient (Wildman–Crippen LogP) is 1.89. The molecule has 2 heterocycles. The number of pyridine rings is 1. The lowest BCUT2D eigenvalue weighted by Gasteiger charge is -2.32. The first-order valence-electron chi connectivity index (χ1n) is 5.51. The number of nitrogens with one attached hydrogen (secondary N) is 1. The number of fused-ring (bicyclic) bond motifs is 2. The van der Waals surface area contributed by atoms with Gasteiger partial charge in [0.2, 0.25) is 0 Å². The molecule has 3 rings (SSSR count). The summed E-state index contributed by atoms with van der Waals surface area (Å²) < 4.78 is 0. The minimum atomic E-state index is 0.192. The van der Waals surface area contributed by atoms with Crippen LogP contribution in [-0.4, -0.2) is 17.3 Å². The van der Waals surface area contributed by atoms with Crippen LogP contribution in [-0.2, 0) is 10.2 Å². The van der Waals surface area contributed by atoms with E-state index < -0.39 is 0 Å². The van der Waals surface area contributed by atoms with Crippen molar-refractivity contribution in [3.63, 3.8) is 0 Å². The van der Waals surface area contributed by atoms with Crippen molar-refractivity contribution < 1.29 is 4.79 Å². The smallest absolute Gasteiger partial charge is 0.132 e. The molecule has 15 heavy (non-hydrogen) atoms. The van der Waals surface area contributed by atoms with Crippen molar-refractivity contribution >= 4 is 11.6 Å². The zero-order valence-electron chi connectivity index (χ0n) is 8.62. The molecule has 0 bridgehead atoms. The third-order valence-electron chi connectivity index (χ3n) is 3.74. The summed E-state index contributed by atoms with van der Waals surface area (Å²) in [5, 5.41) is 3.35. The minimum absolute atomic E-state index is 0.192. The lowest BCUT2D eigenvalue weighted by Crippen LogP contribution is -2.33.